The summed E-state index contributed by atoms with van der Waals surface area (Å²) in [5.41, 5.74) is 3.66. The van der Waals surface area contributed by atoms with Crippen LogP contribution >= 0.6 is 11.8 Å². The fourth-order valence-electron chi connectivity index (χ4n) is 3.05. The van der Waals surface area contributed by atoms with Gasteiger partial charge < -0.3 is 10.4 Å². The molecular formula is C19H22N6O2S. The van der Waals surface area contributed by atoms with Gasteiger partial charge in [0.1, 0.15) is 16.9 Å². The van der Waals surface area contributed by atoms with Crippen LogP contribution in [0.2, 0.25) is 0 Å². The third-order valence-corrected chi connectivity index (χ3v) is 5.78. The number of aromatic nitrogens is 5. The van der Waals surface area contributed by atoms with Crippen molar-refractivity contribution >= 4 is 28.7 Å². The zero-order chi connectivity index (χ0) is 19.9. The number of aryl methyl sites for hydroxylation is 1. The molecule has 1 aliphatic carbocycles. The monoisotopic (exact) mass is 398 g/mol. The van der Waals surface area contributed by atoms with Crippen LogP contribution in [-0.2, 0) is 6.54 Å². The second-order valence-electron chi connectivity index (χ2n) is 7.25. The van der Waals surface area contributed by atoms with E-state index >= 15 is 0 Å². The van der Waals surface area contributed by atoms with Gasteiger partial charge in [0.05, 0.1) is 23.4 Å². The first-order valence-corrected chi connectivity index (χ1v) is 10.3. The lowest BCUT2D eigenvalue weighted by atomic mass is 10.2. The average molecular weight is 398 g/mol. The standard InChI is InChI=1S/C19H22N6O2S/c1-11-6-14-15(20-7-11)16(17(26)21-9-19(27)4-5-19)24-25(14)8-13-12(2)18(28-3)23-10-22-13/h6-7,10,27H,4-5,8-9H2,1-3H3,(H,21,26). The highest BCUT2D eigenvalue weighted by Crippen LogP contribution is 2.34. The van der Waals surface area contributed by atoms with Crippen LogP contribution in [0.3, 0.4) is 0 Å². The van der Waals surface area contributed by atoms with Crippen molar-refractivity contribution in [1.82, 2.24) is 30.0 Å². The molecule has 0 aliphatic heterocycles. The number of thioether (sulfide) groups is 1. The molecule has 28 heavy (non-hydrogen) atoms. The summed E-state index contributed by atoms with van der Waals surface area (Å²) in [7, 11) is 0. The summed E-state index contributed by atoms with van der Waals surface area (Å²) >= 11 is 1.57. The van der Waals surface area contributed by atoms with Gasteiger partial charge in [0.25, 0.3) is 5.91 Å². The van der Waals surface area contributed by atoms with E-state index in [4.69, 9.17) is 0 Å². The summed E-state index contributed by atoms with van der Waals surface area (Å²) in [5, 5.41) is 18.2. The fraction of sp³-hybridized carbons (Fsp3) is 0.421. The number of carbonyl (C=O) groups is 1. The summed E-state index contributed by atoms with van der Waals surface area (Å²) in [6, 6.07) is 1.96. The van der Waals surface area contributed by atoms with E-state index in [-0.39, 0.29) is 18.1 Å². The van der Waals surface area contributed by atoms with E-state index in [0.717, 1.165) is 27.4 Å². The number of hydrogen-bond acceptors (Lipinski definition) is 7. The van der Waals surface area contributed by atoms with Crippen LogP contribution < -0.4 is 5.32 Å². The Hall–Kier alpha value is -2.52. The van der Waals surface area contributed by atoms with E-state index in [1.54, 1.807) is 29.0 Å². The molecule has 1 saturated carbocycles. The predicted octanol–water partition coefficient (Wildman–Crippen LogP) is 1.86. The van der Waals surface area contributed by atoms with Crippen molar-refractivity contribution in [2.45, 2.75) is 43.9 Å². The first-order valence-electron chi connectivity index (χ1n) is 9.08. The van der Waals surface area contributed by atoms with Gasteiger partial charge in [-0.2, -0.15) is 5.10 Å². The number of rotatable bonds is 6. The molecule has 0 spiro atoms. The van der Waals surface area contributed by atoms with Gasteiger partial charge in [-0.15, -0.1) is 11.8 Å². The molecule has 0 atom stereocenters. The van der Waals surface area contributed by atoms with Gasteiger partial charge in [-0.1, -0.05) is 0 Å². The minimum absolute atomic E-state index is 0.230. The van der Waals surface area contributed by atoms with Crippen LogP contribution in [0.4, 0.5) is 0 Å². The molecule has 4 rings (SSSR count). The lowest BCUT2D eigenvalue weighted by Gasteiger charge is -2.09. The maximum Gasteiger partial charge on any atom is 0.274 e. The molecule has 9 heteroatoms. The Kier molecular flexibility index (Phi) is 4.80. The summed E-state index contributed by atoms with van der Waals surface area (Å²) in [5.74, 6) is -0.329. The molecular weight excluding hydrogens is 376 g/mol. The van der Waals surface area contributed by atoms with Crippen molar-refractivity contribution < 1.29 is 9.90 Å². The number of aliphatic hydroxyl groups is 1. The molecule has 1 amide bonds. The Balaban J connectivity index is 1.70. The summed E-state index contributed by atoms with van der Waals surface area (Å²) in [6.07, 6.45) is 6.68. The second-order valence-corrected chi connectivity index (χ2v) is 8.04. The van der Waals surface area contributed by atoms with Gasteiger partial charge in [-0.25, -0.2) is 9.97 Å². The zero-order valence-corrected chi connectivity index (χ0v) is 16.9. The van der Waals surface area contributed by atoms with Gasteiger partial charge in [0, 0.05) is 18.3 Å². The Morgan fingerprint density at radius 3 is 2.82 bits per heavy atom. The smallest absolute Gasteiger partial charge is 0.274 e. The molecule has 0 radical (unpaired) electrons. The van der Waals surface area contributed by atoms with E-state index in [9.17, 15) is 9.90 Å². The molecule has 0 aromatic carbocycles. The summed E-state index contributed by atoms with van der Waals surface area (Å²) in [6.45, 7) is 4.59. The van der Waals surface area contributed by atoms with Crippen LogP contribution in [0.15, 0.2) is 23.6 Å². The van der Waals surface area contributed by atoms with Crippen LogP contribution in [0.5, 0.6) is 0 Å². The fourth-order valence-corrected chi connectivity index (χ4v) is 3.63. The van der Waals surface area contributed by atoms with E-state index in [1.165, 1.54) is 0 Å². The molecule has 3 heterocycles. The first-order chi connectivity index (χ1) is 13.4. The molecule has 0 unspecified atom stereocenters. The van der Waals surface area contributed by atoms with Gasteiger partial charge >= 0.3 is 0 Å². The first kappa shape index (κ1) is 18.8. The van der Waals surface area contributed by atoms with Crippen LogP contribution in [0.1, 0.15) is 40.2 Å². The average Bonchev–Trinajstić information content (AvgIpc) is 3.32. The highest BCUT2D eigenvalue weighted by molar-refractivity contribution is 7.98. The molecule has 0 saturated heterocycles. The molecule has 3 aromatic heterocycles. The zero-order valence-electron chi connectivity index (χ0n) is 16.1. The Morgan fingerprint density at radius 1 is 1.32 bits per heavy atom. The minimum Gasteiger partial charge on any atom is -0.388 e. The summed E-state index contributed by atoms with van der Waals surface area (Å²) in [4.78, 5) is 25.8. The number of pyridine rings is 1. The highest BCUT2D eigenvalue weighted by Gasteiger charge is 2.40. The lowest BCUT2D eigenvalue weighted by molar-refractivity contribution is 0.0892. The highest BCUT2D eigenvalue weighted by atomic mass is 32.2. The van der Waals surface area contributed by atoms with Crippen molar-refractivity contribution in [1.29, 1.82) is 0 Å². The van der Waals surface area contributed by atoms with Crippen molar-refractivity contribution in [3.8, 4) is 0 Å². The largest absolute Gasteiger partial charge is 0.388 e. The topological polar surface area (TPSA) is 106 Å². The van der Waals surface area contributed by atoms with Crippen molar-refractivity contribution in [2.75, 3.05) is 12.8 Å². The van der Waals surface area contributed by atoms with Gasteiger partial charge in [0.2, 0.25) is 0 Å². The number of hydrogen-bond donors (Lipinski definition) is 2. The molecule has 8 nitrogen and oxygen atoms in total. The summed E-state index contributed by atoms with van der Waals surface area (Å²) < 4.78 is 1.76. The lowest BCUT2D eigenvalue weighted by Crippen LogP contribution is -2.33. The number of amides is 1. The minimum atomic E-state index is -0.760. The maximum absolute atomic E-state index is 12.7. The molecule has 3 aromatic rings. The van der Waals surface area contributed by atoms with E-state index in [1.807, 2.05) is 26.2 Å². The molecule has 2 N–H and O–H groups in total. The number of nitrogens with zero attached hydrogens (tertiary/aromatic N) is 5. The third-order valence-electron chi connectivity index (χ3n) is 4.98. The van der Waals surface area contributed by atoms with Crippen molar-refractivity contribution in [3.63, 3.8) is 0 Å². The normalized spacial score (nSPS) is 15.0. The van der Waals surface area contributed by atoms with Crippen molar-refractivity contribution in [2.24, 2.45) is 0 Å². The Labute approximate surface area is 166 Å². The van der Waals surface area contributed by atoms with E-state index in [2.05, 4.69) is 25.4 Å². The van der Waals surface area contributed by atoms with Crippen LogP contribution in [-0.4, -0.2) is 54.1 Å². The number of nitrogens with one attached hydrogen (secondary N) is 1. The second kappa shape index (κ2) is 7.14. The van der Waals surface area contributed by atoms with Crippen molar-refractivity contribution in [3.05, 3.63) is 41.1 Å². The number of carbonyl (C=O) groups excluding carboxylic acids is 1. The quantitative estimate of drug-likeness (QED) is 0.482. The molecule has 1 fully saturated rings. The molecule has 146 valence electrons. The number of fused-ring (bicyclic) bond motifs is 1. The molecule has 1 aliphatic rings. The molecule has 0 bridgehead atoms. The van der Waals surface area contributed by atoms with Gasteiger partial charge in [0.15, 0.2) is 5.69 Å². The van der Waals surface area contributed by atoms with Gasteiger partial charge in [-0.05, 0) is 44.6 Å². The van der Waals surface area contributed by atoms with Crippen LogP contribution in [0, 0.1) is 13.8 Å². The maximum atomic E-state index is 12.7. The SMILES string of the molecule is CSc1ncnc(Cn2nc(C(=O)NCC3(O)CC3)c3ncc(C)cc32)c1C. The Morgan fingerprint density at radius 2 is 2.11 bits per heavy atom. The third kappa shape index (κ3) is 3.59. The van der Waals surface area contributed by atoms with Gasteiger partial charge in [-0.3, -0.25) is 14.5 Å². The van der Waals surface area contributed by atoms with Crippen LogP contribution in [0.25, 0.3) is 11.0 Å². The van der Waals surface area contributed by atoms with E-state index in [0.29, 0.717) is 24.9 Å². The Bertz CT molecular complexity index is 1060. The van der Waals surface area contributed by atoms with E-state index < -0.39 is 5.60 Å². The predicted molar refractivity (Wildman–Crippen MR) is 106 cm³/mol.